The fourth-order valence-corrected chi connectivity index (χ4v) is 5.45. The van der Waals surface area contributed by atoms with Gasteiger partial charge in [0.1, 0.15) is 4.88 Å². The van der Waals surface area contributed by atoms with Crippen molar-refractivity contribution in [1.82, 2.24) is 0 Å². The molecule has 3 rings (SSSR count). The van der Waals surface area contributed by atoms with E-state index in [1.54, 1.807) is 61.5 Å². The molecule has 0 aliphatic heterocycles. The van der Waals surface area contributed by atoms with Crippen molar-refractivity contribution in [3.05, 3.63) is 70.6 Å². The van der Waals surface area contributed by atoms with Gasteiger partial charge in [-0.25, -0.2) is 13.2 Å². The second-order valence-electron chi connectivity index (χ2n) is 5.92. The van der Waals surface area contributed by atoms with E-state index in [2.05, 4.69) is 0 Å². The van der Waals surface area contributed by atoms with Crippen molar-refractivity contribution in [2.24, 2.45) is 0 Å². The number of aryl methyl sites for hydroxylation is 1. The summed E-state index contributed by atoms with van der Waals surface area (Å²) in [4.78, 5) is 12.6. The molecule has 5 nitrogen and oxygen atoms in total. The Morgan fingerprint density at radius 2 is 1.77 bits per heavy atom. The third kappa shape index (κ3) is 3.63. The summed E-state index contributed by atoms with van der Waals surface area (Å²) in [6.07, 6.45) is 0. The average molecular weight is 387 g/mol. The molecule has 0 saturated heterocycles. The fraction of sp³-hybridized carbons (Fsp3) is 0.105. The molecule has 3 aromatic rings. The maximum Gasteiger partial charge on any atom is 0.346 e. The normalized spacial score (nSPS) is 11.4. The molecule has 3 N–H and O–H groups in total. The van der Waals surface area contributed by atoms with Gasteiger partial charge in [-0.15, -0.1) is 11.3 Å². The lowest BCUT2D eigenvalue weighted by Gasteiger charge is -2.07. The number of anilines is 1. The van der Waals surface area contributed by atoms with Crippen LogP contribution in [0.15, 0.2) is 59.5 Å². The van der Waals surface area contributed by atoms with Crippen LogP contribution in [0.2, 0.25) is 0 Å². The van der Waals surface area contributed by atoms with Gasteiger partial charge in [0, 0.05) is 10.6 Å². The first kappa shape index (κ1) is 18.2. The van der Waals surface area contributed by atoms with Gasteiger partial charge in [0.05, 0.1) is 10.6 Å². The number of carboxylic acid groups (broad SMARTS) is 1. The number of rotatable bonds is 5. The van der Waals surface area contributed by atoms with Crippen LogP contribution in [-0.2, 0) is 15.6 Å². The van der Waals surface area contributed by atoms with Gasteiger partial charge in [0.2, 0.25) is 0 Å². The molecule has 2 aromatic carbocycles. The zero-order valence-electron chi connectivity index (χ0n) is 14.0. The van der Waals surface area contributed by atoms with E-state index in [1.807, 2.05) is 0 Å². The zero-order valence-corrected chi connectivity index (χ0v) is 15.6. The lowest BCUT2D eigenvalue weighted by atomic mass is 10.1. The first-order valence-electron chi connectivity index (χ1n) is 7.78. The van der Waals surface area contributed by atoms with Crippen molar-refractivity contribution in [3.8, 4) is 10.4 Å². The Morgan fingerprint density at radius 3 is 2.38 bits per heavy atom. The highest BCUT2D eigenvalue weighted by atomic mass is 32.2. The summed E-state index contributed by atoms with van der Waals surface area (Å²) >= 11 is 1.06. The average Bonchev–Trinajstić information content (AvgIpc) is 2.99. The number of hydrogen-bond donors (Lipinski definition) is 2. The molecule has 1 aromatic heterocycles. The second-order valence-corrected chi connectivity index (χ2v) is 8.93. The molecule has 0 fully saturated rings. The summed E-state index contributed by atoms with van der Waals surface area (Å²) in [6.45, 7) is 1.72. The summed E-state index contributed by atoms with van der Waals surface area (Å²) in [5, 5.41) is 9.49. The highest BCUT2D eigenvalue weighted by molar-refractivity contribution is 7.90. The van der Waals surface area contributed by atoms with Gasteiger partial charge in [-0.3, -0.25) is 0 Å². The Morgan fingerprint density at radius 1 is 1.12 bits per heavy atom. The molecular weight excluding hydrogens is 370 g/mol. The summed E-state index contributed by atoms with van der Waals surface area (Å²) in [6, 6.07) is 15.3. The van der Waals surface area contributed by atoms with Gasteiger partial charge >= 0.3 is 5.97 Å². The molecule has 0 amide bonds. The maximum absolute atomic E-state index is 12.8. The summed E-state index contributed by atoms with van der Waals surface area (Å²) in [5.74, 6) is -1.49. The Hall–Kier alpha value is -2.64. The van der Waals surface area contributed by atoms with E-state index in [1.165, 1.54) is 0 Å². The van der Waals surface area contributed by atoms with Gasteiger partial charge in [-0.05, 0) is 47.9 Å². The Labute approximate surface area is 155 Å². The van der Waals surface area contributed by atoms with E-state index in [-0.39, 0.29) is 21.1 Å². The first-order valence-corrected chi connectivity index (χ1v) is 10.2. The van der Waals surface area contributed by atoms with Crippen LogP contribution < -0.4 is 5.73 Å². The monoisotopic (exact) mass is 387 g/mol. The molecule has 0 spiro atoms. The molecule has 0 bridgehead atoms. The molecule has 0 aliphatic carbocycles. The minimum Gasteiger partial charge on any atom is -0.477 e. The molecule has 0 radical (unpaired) electrons. The van der Waals surface area contributed by atoms with E-state index in [0.29, 0.717) is 16.1 Å². The summed E-state index contributed by atoms with van der Waals surface area (Å²) in [7, 11) is -3.65. The van der Waals surface area contributed by atoms with Gasteiger partial charge in [0.25, 0.3) is 0 Å². The van der Waals surface area contributed by atoms with Gasteiger partial charge in [-0.2, -0.15) is 0 Å². The molecular formula is C19H17NO4S2. The standard InChI is InChI=1S/C19H17NO4S2/c1-12-4-2-3-5-17(12)26(23,24)11-14-10-16(25-18(14)19(21)22)13-6-8-15(20)9-7-13/h2-10H,11,20H2,1H3,(H,21,22). The number of thiophene rings is 1. The number of sulfone groups is 1. The topological polar surface area (TPSA) is 97.5 Å². The Balaban J connectivity index is 2.03. The molecule has 26 heavy (non-hydrogen) atoms. The molecule has 0 atom stereocenters. The van der Waals surface area contributed by atoms with Gasteiger partial charge < -0.3 is 10.8 Å². The molecule has 7 heteroatoms. The van der Waals surface area contributed by atoms with Crippen molar-refractivity contribution < 1.29 is 18.3 Å². The lowest BCUT2D eigenvalue weighted by molar-refractivity contribution is 0.0701. The van der Waals surface area contributed by atoms with E-state index in [4.69, 9.17) is 5.73 Å². The first-order chi connectivity index (χ1) is 12.3. The smallest absolute Gasteiger partial charge is 0.346 e. The molecule has 134 valence electrons. The van der Waals surface area contributed by atoms with Crippen LogP contribution in [0.5, 0.6) is 0 Å². The lowest BCUT2D eigenvalue weighted by Crippen LogP contribution is -2.08. The highest BCUT2D eigenvalue weighted by Gasteiger charge is 2.24. The van der Waals surface area contributed by atoms with Crippen LogP contribution in [0, 0.1) is 6.92 Å². The van der Waals surface area contributed by atoms with Crippen LogP contribution >= 0.6 is 11.3 Å². The number of carbonyl (C=O) groups is 1. The van der Waals surface area contributed by atoms with E-state index < -0.39 is 15.8 Å². The minimum atomic E-state index is -3.65. The third-order valence-electron chi connectivity index (χ3n) is 3.97. The predicted octanol–water partition coefficient (Wildman–Crippen LogP) is 3.98. The highest BCUT2D eigenvalue weighted by Crippen LogP contribution is 2.34. The van der Waals surface area contributed by atoms with E-state index in [0.717, 1.165) is 16.9 Å². The minimum absolute atomic E-state index is 0.0361. The Bertz CT molecular complexity index is 1070. The van der Waals surface area contributed by atoms with Crippen LogP contribution in [0.1, 0.15) is 20.8 Å². The van der Waals surface area contributed by atoms with Gasteiger partial charge in [0.15, 0.2) is 9.84 Å². The summed E-state index contributed by atoms with van der Waals surface area (Å²) in [5.41, 5.74) is 8.01. The number of nitrogen functional groups attached to an aromatic ring is 1. The number of nitrogens with two attached hydrogens (primary N) is 1. The SMILES string of the molecule is Cc1ccccc1S(=O)(=O)Cc1cc(-c2ccc(N)cc2)sc1C(=O)O. The van der Waals surface area contributed by atoms with Crippen LogP contribution in [0.3, 0.4) is 0 Å². The van der Waals surface area contributed by atoms with Crippen molar-refractivity contribution in [1.29, 1.82) is 0 Å². The number of carboxylic acids is 1. The summed E-state index contributed by atoms with van der Waals surface area (Å²) < 4.78 is 25.6. The van der Waals surface area contributed by atoms with Gasteiger partial charge in [-0.1, -0.05) is 30.3 Å². The van der Waals surface area contributed by atoms with Crippen molar-refractivity contribution in [3.63, 3.8) is 0 Å². The Kier molecular flexibility index (Phi) is 4.84. The predicted molar refractivity (Wildman–Crippen MR) is 103 cm³/mol. The molecule has 0 aliphatic rings. The number of aromatic carboxylic acids is 1. The molecule has 1 heterocycles. The van der Waals surface area contributed by atoms with Crippen LogP contribution in [0.4, 0.5) is 5.69 Å². The fourth-order valence-electron chi connectivity index (χ4n) is 2.69. The zero-order chi connectivity index (χ0) is 18.9. The quantitative estimate of drug-likeness (QED) is 0.646. The number of benzene rings is 2. The van der Waals surface area contributed by atoms with Crippen molar-refractivity contribution in [2.75, 3.05) is 5.73 Å². The third-order valence-corrected chi connectivity index (χ3v) is 7.01. The van der Waals surface area contributed by atoms with Crippen molar-refractivity contribution >= 4 is 32.8 Å². The van der Waals surface area contributed by atoms with Crippen molar-refractivity contribution in [2.45, 2.75) is 17.6 Å². The van der Waals surface area contributed by atoms with E-state index >= 15 is 0 Å². The number of hydrogen-bond acceptors (Lipinski definition) is 5. The van der Waals surface area contributed by atoms with E-state index in [9.17, 15) is 18.3 Å². The van der Waals surface area contributed by atoms with Crippen LogP contribution in [0.25, 0.3) is 10.4 Å². The molecule has 0 unspecified atom stereocenters. The molecule has 0 saturated carbocycles. The second kappa shape index (κ2) is 6.93. The maximum atomic E-state index is 12.8. The van der Waals surface area contributed by atoms with Crippen LogP contribution in [-0.4, -0.2) is 19.5 Å². The largest absolute Gasteiger partial charge is 0.477 e.